The largest absolute Gasteiger partial charge is 0.481 e. The Hall–Kier alpha value is -3.86. The van der Waals surface area contributed by atoms with Crippen LogP contribution in [-0.2, 0) is 14.3 Å². The summed E-state index contributed by atoms with van der Waals surface area (Å²) in [4.78, 5) is 36.0. The van der Waals surface area contributed by atoms with Gasteiger partial charge in [-0.15, -0.1) is 0 Å². The lowest BCUT2D eigenvalue weighted by Crippen LogP contribution is -2.30. The highest BCUT2D eigenvalue weighted by atomic mass is 16.5. The summed E-state index contributed by atoms with van der Waals surface area (Å²) in [5, 5.41) is 11.5. The van der Waals surface area contributed by atoms with Crippen molar-refractivity contribution in [2.45, 2.75) is 13.0 Å². The highest BCUT2D eigenvalue weighted by molar-refractivity contribution is 5.96. The van der Waals surface area contributed by atoms with Crippen molar-refractivity contribution in [2.24, 2.45) is 0 Å². The van der Waals surface area contributed by atoms with Gasteiger partial charge in [0.2, 0.25) is 0 Å². The van der Waals surface area contributed by atoms with Gasteiger partial charge in [0.05, 0.1) is 37.0 Å². The molecule has 0 saturated heterocycles. The van der Waals surface area contributed by atoms with E-state index in [2.05, 4.69) is 14.8 Å². The van der Waals surface area contributed by atoms with Gasteiger partial charge in [-0.2, -0.15) is 5.26 Å². The van der Waals surface area contributed by atoms with Gasteiger partial charge < -0.3 is 19.5 Å². The Morgan fingerprint density at radius 2 is 1.50 bits per heavy atom. The first kappa shape index (κ1) is 20.5. The first-order chi connectivity index (χ1) is 13.4. The summed E-state index contributed by atoms with van der Waals surface area (Å²) in [6.07, 6.45) is -0.936. The van der Waals surface area contributed by atoms with Crippen LogP contribution in [0.15, 0.2) is 42.5 Å². The monoisotopic (exact) mass is 382 g/mol. The van der Waals surface area contributed by atoms with Gasteiger partial charge in [0.1, 0.15) is 5.75 Å². The predicted octanol–water partition coefficient (Wildman–Crippen LogP) is 2.54. The summed E-state index contributed by atoms with van der Waals surface area (Å²) in [6.45, 7) is 1.52. The third-order valence-electron chi connectivity index (χ3n) is 3.71. The Kier molecular flexibility index (Phi) is 6.71. The molecule has 1 atom stereocenters. The van der Waals surface area contributed by atoms with Crippen molar-refractivity contribution in [1.29, 1.82) is 5.26 Å². The summed E-state index contributed by atoms with van der Waals surface area (Å²) in [5.41, 5.74) is 1.13. The molecule has 2 aromatic rings. The van der Waals surface area contributed by atoms with E-state index >= 15 is 0 Å². The minimum Gasteiger partial charge on any atom is -0.481 e. The lowest BCUT2D eigenvalue weighted by atomic mass is 10.1. The number of methoxy groups -OCH3 is 2. The molecule has 0 bridgehead atoms. The molecule has 28 heavy (non-hydrogen) atoms. The Morgan fingerprint density at radius 3 is 1.96 bits per heavy atom. The normalized spacial score (nSPS) is 10.9. The summed E-state index contributed by atoms with van der Waals surface area (Å²) in [5.74, 6) is -1.64. The summed E-state index contributed by atoms with van der Waals surface area (Å²) in [6, 6.07) is 12.4. The fourth-order valence-electron chi connectivity index (χ4n) is 2.27. The van der Waals surface area contributed by atoms with Crippen LogP contribution in [0, 0.1) is 11.3 Å². The lowest BCUT2D eigenvalue weighted by Gasteiger charge is -2.16. The number of benzene rings is 2. The van der Waals surface area contributed by atoms with Crippen molar-refractivity contribution in [3.8, 4) is 11.8 Å². The average molecular weight is 382 g/mol. The first-order valence-electron chi connectivity index (χ1n) is 8.17. The number of nitrogens with zero attached hydrogens (tertiary/aromatic N) is 1. The van der Waals surface area contributed by atoms with Crippen LogP contribution in [0.2, 0.25) is 0 Å². The number of ether oxygens (including phenoxy) is 3. The van der Waals surface area contributed by atoms with Gasteiger partial charge in [-0.25, -0.2) is 9.59 Å². The van der Waals surface area contributed by atoms with Gasteiger partial charge in [0.15, 0.2) is 6.10 Å². The third kappa shape index (κ3) is 5.08. The molecule has 0 saturated carbocycles. The number of anilines is 1. The summed E-state index contributed by atoms with van der Waals surface area (Å²) < 4.78 is 14.9. The van der Waals surface area contributed by atoms with Crippen molar-refractivity contribution in [3.05, 3.63) is 59.2 Å². The minimum atomic E-state index is -0.936. The molecule has 2 aromatic carbocycles. The number of nitriles is 1. The standard InChI is InChI=1S/C20H18N2O6/c1-12(18(23)22-16-6-4-13(11-21)5-7-16)28-17-9-14(19(24)26-2)8-15(10-17)20(25)27-3/h4-10,12H,1-3H3,(H,22,23)/t12-/m0/s1. The summed E-state index contributed by atoms with van der Waals surface area (Å²) in [7, 11) is 2.42. The third-order valence-corrected chi connectivity index (χ3v) is 3.71. The van der Waals surface area contributed by atoms with Gasteiger partial charge in [0, 0.05) is 5.69 Å². The van der Waals surface area contributed by atoms with Crippen molar-refractivity contribution < 1.29 is 28.6 Å². The van der Waals surface area contributed by atoms with E-state index in [1.807, 2.05) is 6.07 Å². The zero-order chi connectivity index (χ0) is 20.7. The van der Waals surface area contributed by atoms with E-state index in [1.54, 1.807) is 24.3 Å². The molecule has 0 aromatic heterocycles. The van der Waals surface area contributed by atoms with Crippen molar-refractivity contribution >= 4 is 23.5 Å². The summed E-state index contributed by atoms with van der Waals surface area (Å²) >= 11 is 0. The van der Waals surface area contributed by atoms with Crippen molar-refractivity contribution in [1.82, 2.24) is 0 Å². The molecule has 0 aliphatic carbocycles. The van der Waals surface area contributed by atoms with Gasteiger partial charge in [-0.3, -0.25) is 4.79 Å². The van der Waals surface area contributed by atoms with Crippen molar-refractivity contribution in [3.63, 3.8) is 0 Å². The molecular weight excluding hydrogens is 364 g/mol. The number of carbonyl (C=O) groups is 3. The molecule has 0 fully saturated rings. The topological polar surface area (TPSA) is 115 Å². The van der Waals surface area contributed by atoms with E-state index in [0.29, 0.717) is 11.3 Å². The molecule has 2 rings (SSSR count). The Labute approximate surface area is 161 Å². The predicted molar refractivity (Wildman–Crippen MR) is 99.0 cm³/mol. The quantitative estimate of drug-likeness (QED) is 0.764. The molecule has 1 amide bonds. The van der Waals surface area contributed by atoms with Crippen LogP contribution in [0.25, 0.3) is 0 Å². The highest BCUT2D eigenvalue weighted by Crippen LogP contribution is 2.21. The number of amides is 1. The number of nitrogens with one attached hydrogen (secondary N) is 1. The van der Waals surface area contributed by atoms with E-state index in [9.17, 15) is 14.4 Å². The number of esters is 2. The van der Waals surface area contributed by atoms with Crippen LogP contribution in [0.3, 0.4) is 0 Å². The van der Waals surface area contributed by atoms with E-state index in [1.165, 1.54) is 39.3 Å². The molecular formula is C20H18N2O6. The molecule has 144 valence electrons. The van der Waals surface area contributed by atoms with E-state index in [-0.39, 0.29) is 16.9 Å². The van der Waals surface area contributed by atoms with Gasteiger partial charge in [-0.1, -0.05) is 0 Å². The average Bonchev–Trinajstić information content (AvgIpc) is 2.72. The molecule has 0 unspecified atom stereocenters. The van der Waals surface area contributed by atoms with Crippen LogP contribution in [0.5, 0.6) is 5.75 Å². The van der Waals surface area contributed by atoms with E-state index in [4.69, 9.17) is 10.00 Å². The van der Waals surface area contributed by atoms with Gasteiger partial charge in [-0.05, 0) is 49.4 Å². The smallest absolute Gasteiger partial charge is 0.338 e. The van der Waals surface area contributed by atoms with Crippen molar-refractivity contribution in [2.75, 3.05) is 19.5 Å². The Bertz CT molecular complexity index is 896. The molecule has 8 heteroatoms. The van der Waals surface area contributed by atoms with Crippen LogP contribution in [0.4, 0.5) is 5.69 Å². The maximum absolute atomic E-state index is 12.3. The van der Waals surface area contributed by atoms with Gasteiger partial charge >= 0.3 is 11.9 Å². The second kappa shape index (κ2) is 9.19. The van der Waals surface area contributed by atoms with Gasteiger partial charge in [0.25, 0.3) is 5.91 Å². The molecule has 0 spiro atoms. The fraction of sp³-hybridized carbons (Fsp3) is 0.200. The fourth-order valence-corrected chi connectivity index (χ4v) is 2.27. The van der Waals surface area contributed by atoms with E-state index < -0.39 is 23.9 Å². The van der Waals surface area contributed by atoms with Crippen LogP contribution >= 0.6 is 0 Å². The Balaban J connectivity index is 2.17. The molecule has 8 nitrogen and oxygen atoms in total. The maximum atomic E-state index is 12.3. The number of carbonyl (C=O) groups excluding carboxylic acids is 3. The zero-order valence-corrected chi connectivity index (χ0v) is 15.5. The second-order valence-corrected chi connectivity index (χ2v) is 5.67. The molecule has 0 heterocycles. The number of hydrogen-bond donors (Lipinski definition) is 1. The number of hydrogen-bond acceptors (Lipinski definition) is 7. The maximum Gasteiger partial charge on any atom is 0.338 e. The van der Waals surface area contributed by atoms with E-state index in [0.717, 1.165) is 0 Å². The zero-order valence-electron chi connectivity index (χ0n) is 15.5. The lowest BCUT2D eigenvalue weighted by molar-refractivity contribution is -0.122. The van der Waals surface area contributed by atoms with Crippen LogP contribution < -0.4 is 10.1 Å². The molecule has 1 N–H and O–H groups in total. The molecule has 0 aliphatic heterocycles. The minimum absolute atomic E-state index is 0.0834. The van der Waals surface area contributed by atoms with Crippen LogP contribution in [-0.4, -0.2) is 38.2 Å². The first-order valence-corrected chi connectivity index (χ1v) is 8.17. The molecule has 0 aliphatic rings. The SMILES string of the molecule is COC(=O)c1cc(O[C@@H](C)C(=O)Nc2ccc(C#N)cc2)cc(C(=O)OC)c1. The highest BCUT2D eigenvalue weighted by Gasteiger charge is 2.19. The molecule has 0 radical (unpaired) electrons. The Morgan fingerprint density at radius 1 is 0.964 bits per heavy atom. The van der Waals surface area contributed by atoms with Crippen LogP contribution in [0.1, 0.15) is 33.2 Å². The second-order valence-electron chi connectivity index (χ2n) is 5.67. The number of rotatable bonds is 6.